The normalized spacial score (nSPS) is 13.6. The predicted octanol–water partition coefficient (Wildman–Crippen LogP) is 1.20. The van der Waals surface area contributed by atoms with Crippen LogP contribution in [0.3, 0.4) is 0 Å². The number of benzene rings is 1. The Hall–Kier alpha value is -2.24. The van der Waals surface area contributed by atoms with Crippen molar-refractivity contribution in [3.63, 3.8) is 0 Å². The molecule has 100 valence electrons. The number of aromatic amines is 1. The molecule has 3 rings (SSSR count). The lowest BCUT2D eigenvalue weighted by Crippen LogP contribution is -2.42. The zero-order chi connectivity index (χ0) is 13.2. The molecule has 19 heavy (non-hydrogen) atoms. The molecule has 1 aromatic heterocycles. The molecule has 0 atom stereocenters. The number of hydrogen-bond acceptors (Lipinski definition) is 4. The average Bonchev–Trinajstić information content (AvgIpc) is 2.90. The molecule has 2 aromatic rings. The van der Waals surface area contributed by atoms with Crippen molar-refractivity contribution in [3.05, 3.63) is 18.2 Å². The number of rotatable bonds is 3. The highest BCUT2D eigenvalue weighted by molar-refractivity contribution is 5.59. The number of aromatic nitrogens is 3. The first-order valence-corrected chi connectivity index (χ1v) is 6.28. The first-order chi connectivity index (χ1) is 9.33. The Morgan fingerprint density at radius 2 is 2.05 bits per heavy atom. The summed E-state index contributed by atoms with van der Waals surface area (Å²) in [5.74, 6) is 3.30. The van der Waals surface area contributed by atoms with Crippen molar-refractivity contribution in [1.82, 2.24) is 10.2 Å². The van der Waals surface area contributed by atoms with Crippen LogP contribution in [0.5, 0.6) is 11.5 Å². The molecule has 0 bridgehead atoms. The van der Waals surface area contributed by atoms with Gasteiger partial charge in [0.15, 0.2) is 11.5 Å². The van der Waals surface area contributed by atoms with E-state index in [1.807, 2.05) is 18.2 Å². The van der Waals surface area contributed by atoms with Crippen LogP contribution in [0.2, 0.25) is 0 Å². The minimum absolute atomic E-state index is 0.715. The van der Waals surface area contributed by atoms with Crippen molar-refractivity contribution >= 4 is 5.95 Å². The summed E-state index contributed by atoms with van der Waals surface area (Å²) in [7, 11) is 3.27. The van der Waals surface area contributed by atoms with Gasteiger partial charge in [0.2, 0.25) is 5.82 Å². The second kappa shape index (κ2) is 4.79. The van der Waals surface area contributed by atoms with Gasteiger partial charge >= 0.3 is 5.95 Å². The fourth-order valence-electron chi connectivity index (χ4n) is 2.33. The second-order valence-corrected chi connectivity index (χ2v) is 4.40. The van der Waals surface area contributed by atoms with Crippen molar-refractivity contribution in [1.29, 1.82) is 0 Å². The molecule has 1 aliphatic rings. The largest absolute Gasteiger partial charge is 0.493 e. The van der Waals surface area contributed by atoms with Crippen LogP contribution >= 0.6 is 0 Å². The summed E-state index contributed by atoms with van der Waals surface area (Å²) >= 11 is 0. The fraction of sp³-hybridized carbons (Fsp3) is 0.385. The van der Waals surface area contributed by atoms with Gasteiger partial charge in [-0.05, 0) is 18.2 Å². The van der Waals surface area contributed by atoms with Crippen molar-refractivity contribution in [2.24, 2.45) is 0 Å². The first-order valence-electron chi connectivity index (χ1n) is 6.28. The van der Waals surface area contributed by atoms with Crippen molar-refractivity contribution in [2.75, 3.05) is 26.1 Å². The van der Waals surface area contributed by atoms with E-state index in [4.69, 9.17) is 9.47 Å². The van der Waals surface area contributed by atoms with Crippen LogP contribution < -0.4 is 19.4 Å². The van der Waals surface area contributed by atoms with E-state index >= 15 is 0 Å². The third-order valence-electron chi connectivity index (χ3n) is 3.29. The van der Waals surface area contributed by atoms with Gasteiger partial charge in [-0.2, -0.15) is 5.10 Å². The van der Waals surface area contributed by atoms with Gasteiger partial charge in [-0.3, -0.25) is 5.32 Å². The summed E-state index contributed by atoms with van der Waals surface area (Å²) in [4.78, 5) is 0. The summed E-state index contributed by atoms with van der Waals surface area (Å²) in [5.41, 5.74) is 1.03. The number of H-pyrrole nitrogens is 1. The molecule has 2 N–H and O–H groups in total. The number of hydrogen-bond donors (Lipinski definition) is 2. The molecular weight excluding hydrogens is 244 g/mol. The second-order valence-electron chi connectivity index (χ2n) is 4.40. The number of fused-ring (bicyclic) bond motifs is 1. The smallest absolute Gasteiger partial charge is 0.377 e. The van der Waals surface area contributed by atoms with Crippen molar-refractivity contribution < 1.29 is 14.0 Å². The standard InChI is InChI=1S/C13H16N4O2/c1-18-10-5-4-9(8-11(10)19-2)12-15-16-13-14-6-3-7-17(12)13/h4-5,8H,3,6-7H2,1-2H3,(H,14,16)/p+1. The lowest BCUT2D eigenvalue weighted by Gasteiger charge is -2.11. The summed E-state index contributed by atoms with van der Waals surface area (Å²) < 4.78 is 12.7. The molecular formula is C13H17N4O2+. The maximum absolute atomic E-state index is 5.33. The van der Waals surface area contributed by atoms with Crippen LogP contribution in [0.15, 0.2) is 18.2 Å². The minimum atomic E-state index is 0.715. The highest BCUT2D eigenvalue weighted by atomic mass is 16.5. The van der Waals surface area contributed by atoms with Crippen LogP contribution in [0.1, 0.15) is 6.42 Å². The Bertz CT molecular complexity index is 594. The molecule has 0 spiro atoms. The van der Waals surface area contributed by atoms with Crippen LogP contribution in [-0.2, 0) is 6.54 Å². The zero-order valence-electron chi connectivity index (χ0n) is 11.1. The molecule has 0 saturated heterocycles. The highest BCUT2D eigenvalue weighted by Gasteiger charge is 2.23. The molecule has 6 heteroatoms. The summed E-state index contributed by atoms with van der Waals surface area (Å²) in [6.45, 7) is 1.93. The highest BCUT2D eigenvalue weighted by Crippen LogP contribution is 2.30. The third kappa shape index (κ3) is 1.99. The van der Waals surface area contributed by atoms with Crippen molar-refractivity contribution in [2.45, 2.75) is 13.0 Å². The Morgan fingerprint density at radius 1 is 1.21 bits per heavy atom. The number of anilines is 1. The maximum atomic E-state index is 5.33. The fourth-order valence-corrected chi connectivity index (χ4v) is 2.33. The quantitative estimate of drug-likeness (QED) is 0.815. The Morgan fingerprint density at radius 3 is 2.84 bits per heavy atom. The minimum Gasteiger partial charge on any atom is -0.493 e. The summed E-state index contributed by atoms with van der Waals surface area (Å²) in [5, 5.41) is 10.6. The van der Waals surface area contributed by atoms with E-state index in [-0.39, 0.29) is 0 Å². The van der Waals surface area contributed by atoms with Gasteiger partial charge in [0.25, 0.3) is 0 Å². The average molecular weight is 261 g/mol. The summed E-state index contributed by atoms with van der Waals surface area (Å²) in [6.07, 6.45) is 1.09. The van der Waals surface area contributed by atoms with Gasteiger partial charge in [-0.25, -0.2) is 4.57 Å². The van der Waals surface area contributed by atoms with Crippen molar-refractivity contribution in [3.8, 4) is 22.9 Å². The monoisotopic (exact) mass is 261 g/mol. The van der Waals surface area contributed by atoms with E-state index in [0.29, 0.717) is 5.75 Å². The molecule has 0 fully saturated rings. The number of nitrogens with zero attached hydrogens (tertiary/aromatic N) is 2. The van der Waals surface area contributed by atoms with Gasteiger partial charge in [0.1, 0.15) is 0 Å². The van der Waals surface area contributed by atoms with E-state index in [1.165, 1.54) is 0 Å². The van der Waals surface area contributed by atoms with Crippen LogP contribution in [0, 0.1) is 0 Å². The van der Waals surface area contributed by atoms with Crippen LogP contribution in [-0.4, -0.2) is 31.0 Å². The predicted molar refractivity (Wildman–Crippen MR) is 70.4 cm³/mol. The van der Waals surface area contributed by atoms with Gasteiger partial charge in [-0.1, -0.05) is 0 Å². The molecule has 0 unspecified atom stereocenters. The van der Waals surface area contributed by atoms with Crippen LogP contribution in [0.4, 0.5) is 5.95 Å². The van der Waals surface area contributed by atoms with Crippen LogP contribution in [0.25, 0.3) is 11.4 Å². The number of nitrogens with one attached hydrogen (secondary N) is 2. The Labute approximate surface area is 111 Å². The van der Waals surface area contributed by atoms with E-state index in [1.54, 1.807) is 14.2 Å². The molecule has 0 amide bonds. The molecule has 0 radical (unpaired) electrons. The van der Waals surface area contributed by atoms with E-state index < -0.39 is 0 Å². The maximum Gasteiger partial charge on any atom is 0.377 e. The van der Waals surface area contributed by atoms with E-state index in [9.17, 15) is 0 Å². The Balaban J connectivity index is 2.04. The van der Waals surface area contributed by atoms with Gasteiger partial charge in [0.05, 0.1) is 27.3 Å². The third-order valence-corrected chi connectivity index (χ3v) is 3.29. The molecule has 1 aliphatic heterocycles. The number of ether oxygens (including phenoxy) is 2. The molecule has 0 aliphatic carbocycles. The SMILES string of the molecule is COc1ccc(-c2[nH]nc3[n+]2CCCN3)cc1OC. The molecule has 1 aromatic carbocycles. The molecule has 6 nitrogen and oxygen atoms in total. The van der Waals surface area contributed by atoms with Gasteiger partial charge < -0.3 is 9.47 Å². The first kappa shape index (κ1) is 11.8. The zero-order valence-corrected chi connectivity index (χ0v) is 11.1. The lowest BCUT2D eigenvalue weighted by molar-refractivity contribution is -0.675. The van der Waals surface area contributed by atoms with E-state index in [2.05, 4.69) is 20.1 Å². The molecule has 0 saturated carbocycles. The van der Waals surface area contributed by atoms with E-state index in [0.717, 1.165) is 42.6 Å². The summed E-state index contributed by atoms with van der Waals surface area (Å²) in [6, 6.07) is 5.85. The van der Waals surface area contributed by atoms with Gasteiger partial charge in [0, 0.05) is 17.1 Å². The Kier molecular flexibility index (Phi) is 2.98. The molecule has 2 heterocycles. The topological polar surface area (TPSA) is 63.0 Å². The number of methoxy groups -OCH3 is 2. The van der Waals surface area contributed by atoms with Gasteiger partial charge in [-0.15, -0.1) is 0 Å². The lowest BCUT2D eigenvalue weighted by atomic mass is 10.2.